The first-order valence-corrected chi connectivity index (χ1v) is 27.0. The second-order valence-corrected chi connectivity index (χ2v) is 38.6. The topological polar surface area (TPSA) is 52.6 Å². The van der Waals surface area contributed by atoms with Crippen LogP contribution in [0.25, 0.3) is 0 Å². The molecular formula is C24H48O4S2Sn. The summed E-state index contributed by atoms with van der Waals surface area (Å²) >= 11 is -2.33. The monoisotopic (exact) mass is 584 g/mol. The molecule has 0 fully saturated rings. The zero-order valence-electron chi connectivity index (χ0n) is 21.0. The van der Waals surface area contributed by atoms with Gasteiger partial charge >= 0.3 is 203 Å². The van der Waals surface area contributed by atoms with E-state index in [1.165, 1.54) is 25.7 Å². The van der Waals surface area contributed by atoms with Gasteiger partial charge in [0.25, 0.3) is 0 Å². The Morgan fingerprint density at radius 2 is 1.13 bits per heavy atom. The molecule has 0 spiro atoms. The molecule has 7 heteroatoms. The zero-order chi connectivity index (χ0) is 23.5. The fourth-order valence-corrected chi connectivity index (χ4v) is 20.7. The Kier molecular flexibility index (Phi) is 20.1. The van der Waals surface area contributed by atoms with Gasteiger partial charge in [-0.3, -0.25) is 0 Å². The molecule has 0 radical (unpaired) electrons. The van der Waals surface area contributed by atoms with E-state index in [4.69, 9.17) is 9.47 Å². The molecule has 2 atom stereocenters. The summed E-state index contributed by atoms with van der Waals surface area (Å²) in [5.74, 6) is 2.54. The van der Waals surface area contributed by atoms with Gasteiger partial charge in [-0.25, -0.2) is 0 Å². The molecule has 0 aliphatic carbocycles. The van der Waals surface area contributed by atoms with Gasteiger partial charge in [0, 0.05) is 0 Å². The summed E-state index contributed by atoms with van der Waals surface area (Å²) in [7, 11) is 3.93. The van der Waals surface area contributed by atoms with Crippen LogP contribution in [0.4, 0.5) is 0 Å². The summed E-state index contributed by atoms with van der Waals surface area (Å²) in [5, 5.41) is 0. The minimum absolute atomic E-state index is 0.0633. The van der Waals surface area contributed by atoms with Crippen molar-refractivity contribution >= 4 is 45.4 Å². The van der Waals surface area contributed by atoms with Crippen LogP contribution in [0.1, 0.15) is 91.9 Å². The van der Waals surface area contributed by atoms with E-state index >= 15 is 0 Å². The SMILES string of the molecule is CCCCC(CC)COC(=O)CC[S][Sn]([CH3])([CH3])[S]CCC(=O)OCC(CC)CCCC. The summed E-state index contributed by atoms with van der Waals surface area (Å²) in [6, 6.07) is 0. The van der Waals surface area contributed by atoms with E-state index in [1.54, 1.807) is 0 Å². The van der Waals surface area contributed by atoms with E-state index < -0.39 is 15.6 Å². The number of ether oxygens (including phenoxy) is 2. The van der Waals surface area contributed by atoms with Crippen LogP contribution in [-0.2, 0) is 19.1 Å². The van der Waals surface area contributed by atoms with Crippen LogP contribution in [0.5, 0.6) is 0 Å². The molecule has 2 unspecified atom stereocenters. The Labute approximate surface area is 201 Å². The van der Waals surface area contributed by atoms with Crippen molar-refractivity contribution in [3.05, 3.63) is 0 Å². The number of rotatable bonds is 20. The molecule has 0 saturated carbocycles. The third-order valence-electron chi connectivity index (χ3n) is 5.56. The van der Waals surface area contributed by atoms with Crippen LogP contribution < -0.4 is 0 Å². The van der Waals surface area contributed by atoms with Crippen molar-refractivity contribution in [2.24, 2.45) is 11.8 Å². The van der Waals surface area contributed by atoms with Gasteiger partial charge in [0.05, 0.1) is 0 Å². The summed E-state index contributed by atoms with van der Waals surface area (Å²) in [6.45, 7) is 9.87. The van der Waals surface area contributed by atoms with E-state index in [1.807, 2.05) is 17.9 Å². The molecular weight excluding hydrogens is 535 g/mol. The zero-order valence-corrected chi connectivity index (χ0v) is 25.5. The molecule has 0 aromatic rings. The second kappa shape index (κ2) is 19.9. The van der Waals surface area contributed by atoms with E-state index in [0.717, 1.165) is 37.2 Å². The summed E-state index contributed by atoms with van der Waals surface area (Å²) in [4.78, 5) is 28.8. The van der Waals surface area contributed by atoms with Gasteiger partial charge in [-0.1, -0.05) is 0 Å². The quantitative estimate of drug-likeness (QED) is 0.110. The Balaban J connectivity index is 3.97. The van der Waals surface area contributed by atoms with Gasteiger partial charge in [-0.2, -0.15) is 0 Å². The molecule has 0 aliphatic rings. The number of unbranched alkanes of at least 4 members (excludes halogenated alkanes) is 2. The van der Waals surface area contributed by atoms with E-state index in [2.05, 4.69) is 37.6 Å². The molecule has 0 aromatic carbocycles. The Morgan fingerprint density at radius 3 is 1.45 bits per heavy atom. The Morgan fingerprint density at radius 1 is 0.742 bits per heavy atom. The van der Waals surface area contributed by atoms with E-state index in [9.17, 15) is 9.59 Å². The maximum absolute atomic E-state index is 12.1. The molecule has 4 nitrogen and oxygen atoms in total. The van der Waals surface area contributed by atoms with Crippen LogP contribution in [0.3, 0.4) is 0 Å². The normalized spacial score (nSPS) is 13.6. The molecule has 31 heavy (non-hydrogen) atoms. The molecule has 0 amide bonds. The van der Waals surface area contributed by atoms with Crippen LogP contribution in [0.15, 0.2) is 0 Å². The molecule has 0 rings (SSSR count). The van der Waals surface area contributed by atoms with E-state index in [-0.39, 0.29) is 11.9 Å². The van der Waals surface area contributed by atoms with E-state index in [0.29, 0.717) is 37.9 Å². The molecule has 0 heterocycles. The third kappa shape index (κ3) is 18.5. The van der Waals surface area contributed by atoms with Gasteiger partial charge < -0.3 is 0 Å². The molecule has 0 N–H and O–H groups in total. The van der Waals surface area contributed by atoms with Crippen LogP contribution in [0, 0.1) is 11.8 Å². The number of hydrogen-bond donors (Lipinski definition) is 0. The molecule has 0 bridgehead atoms. The molecule has 0 saturated heterocycles. The first-order chi connectivity index (χ1) is 14.8. The first kappa shape index (κ1) is 31.4. The van der Waals surface area contributed by atoms with Crippen molar-refractivity contribution in [3.8, 4) is 0 Å². The third-order valence-corrected chi connectivity index (χ3v) is 27.9. The van der Waals surface area contributed by atoms with Crippen molar-refractivity contribution in [2.75, 3.05) is 24.7 Å². The van der Waals surface area contributed by atoms with Crippen molar-refractivity contribution in [2.45, 2.75) is 102 Å². The number of carbonyl (C=O) groups excluding carboxylic acids is 2. The van der Waals surface area contributed by atoms with Gasteiger partial charge in [-0.15, -0.1) is 0 Å². The predicted molar refractivity (Wildman–Crippen MR) is 140 cm³/mol. The predicted octanol–water partition coefficient (Wildman–Crippen LogP) is 7.45. The summed E-state index contributed by atoms with van der Waals surface area (Å²) < 4.78 is 11.0. The van der Waals surface area contributed by atoms with Gasteiger partial charge in [0.15, 0.2) is 0 Å². The summed E-state index contributed by atoms with van der Waals surface area (Å²) in [5.41, 5.74) is 0. The van der Waals surface area contributed by atoms with Crippen LogP contribution in [-0.4, -0.2) is 52.3 Å². The number of esters is 2. The Bertz CT molecular complexity index is 434. The van der Waals surface area contributed by atoms with Crippen molar-refractivity contribution in [1.82, 2.24) is 0 Å². The van der Waals surface area contributed by atoms with Crippen molar-refractivity contribution < 1.29 is 19.1 Å². The van der Waals surface area contributed by atoms with Crippen molar-refractivity contribution in [3.63, 3.8) is 0 Å². The molecule has 0 aromatic heterocycles. The van der Waals surface area contributed by atoms with Gasteiger partial charge in [0.2, 0.25) is 0 Å². The standard InChI is InChI=1S/2C11H22O2S.2CH3.Sn/c2*1-3-5-6-10(4-2)9-13-11(12)7-8-14;;;/h2*10,14H,3-9H2,1-2H3;2*1H3;/q;;;;+2/p-2. The Hall–Kier alpha value is 0.439. The molecule has 0 aliphatic heterocycles. The summed E-state index contributed by atoms with van der Waals surface area (Å²) in [6.07, 6.45) is 10.2. The average molecular weight is 583 g/mol. The van der Waals surface area contributed by atoms with Crippen molar-refractivity contribution in [1.29, 1.82) is 0 Å². The fraction of sp³-hybridized carbons (Fsp3) is 0.917. The fourth-order valence-electron chi connectivity index (χ4n) is 3.16. The van der Waals surface area contributed by atoms with Crippen LogP contribution >= 0.6 is 17.9 Å². The number of carbonyl (C=O) groups is 2. The van der Waals surface area contributed by atoms with Crippen LogP contribution in [0.2, 0.25) is 9.88 Å². The number of hydrogen-bond acceptors (Lipinski definition) is 6. The average Bonchev–Trinajstić information content (AvgIpc) is 2.73. The molecule has 184 valence electrons. The minimum atomic E-state index is -2.33. The first-order valence-electron chi connectivity index (χ1n) is 12.4. The van der Waals surface area contributed by atoms with Gasteiger partial charge in [-0.05, 0) is 0 Å². The van der Waals surface area contributed by atoms with Gasteiger partial charge in [0.1, 0.15) is 0 Å². The second-order valence-electron chi connectivity index (χ2n) is 8.80. The maximum atomic E-state index is 12.1.